The summed E-state index contributed by atoms with van der Waals surface area (Å²) < 4.78 is 1.69. The first kappa shape index (κ1) is 9.41. The van der Waals surface area contributed by atoms with E-state index < -0.39 is 0 Å². The fourth-order valence-corrected chi connectivity index (χ4v) is 2.19. The first-order valence-electron chi connectivity index (χ1n) is 4.81. The molecule has 0 radical (unpaired) electrons. The number of aromatic nitrogens is 3. The van der Waals surface area contributed by atoms with Crippen LogP contribution in [0.15, 0.2) is 40.6 Å². The van der Waals surface area contributed by atoms with Gasteiger partial charge in [-0.15, -0.1) is 10.2 Å². The minimum atomic E-state index is 0.592. The molecule has 5 nitrogen and oxygen atoms in total. The molecule has 6 heteroatoms. The lowest BCUT2D eigenvalue weighted by Gasteiger charge is -2.09. The standard InChI is InChI=1S/C10H9N5S/c11-8-6-16-10-13-12-9(15(10)14-8)7-4-2-1-3-5-7/h1-5H,6H2,(H2,11,14). The molecule has 1 aromatic carbocycles. The number of nitrogens with zero attached hydrogens (tertiary/aromatic N) is 4. The highest BCUT2D eigenvalue weighted by Crippen LogP contribution is 2.25. The molecule has 16 heavy (non-hydrogen) atoms. The van der Waals surface area contributed by atoms with Gasteiger partial charge in [0.1, 0.15) is 5.84 Å². The van der Waals surface area contributed by atoms with Gasteiger partial charge in [-0.05, 0) is 0 Å². The maximum absolute atomic E-state index is 5.71. The Morgan fingerprint density at radius 1 is 1.19 bits per heavy atom. The third-order valence-electron chi connectivity index (χ3n) is 2.22. The van der Waals surface area contributed by atoms with E-state index in [0.717, 1.165) is 16.5 Å². The molecule has 3 rings (SSSR count). The average molecular weight is 231 g/mol. The van der Waals surface area contributed by atoms with E-state index in [9.17, 15) is 0 Å². The Balaban J connectivity index is 2.15. The molecule has 1 aliphatic heterocycles. The normalized spacial score (nSPS) is 14.4. The molecular formula is C10H9N5S. The van der Waals surface area contributed by atoms with Crippen molar-refractivity contribution in [1.29, 1.82) is 0 Å². The summed E-state index contributed by atoms with van der Waals surface area (Å²) in [5, 5.41) is 13.2. The monoisotopic (exact) mass is 231 g/mol. The molecule has 0 unspecified atom stereocenters. The van der Waals surface area contributed by atoms with Crippen molar-refractivity contribution in [1.82, 2.24) is 14.9 Å². The smallest absolute Gasteiger partial charge is 0.212 e. The number of hydrogen-bond acceptors (Lipinski definition) is 5. The van der Waals surface area contributed by atoms with E-state index in [1.54, 1.807) is 16.4 Å². The summed E-state index contributed by atoms with van der Waals surface area (Å²) in [4.78, 5) is 0. The van der Waals surface area contributed by atoms with Gasteiger partial charge in [0.2, 0.25) is 5.16 Å². The molecular weight excluding hydrogens is 222 g/mol. The molecule has 0 aliphatic carbocycles. The molecule has 2 N–H and O–H groups in total. The average Bonchev–Trinajstić information content (AvgIpc) is 2.73. The fourth-order valence-electron chi connectivity index (χ4n) is 1.51. The van der Waals surface area contributed by atoms with Crippen molar-refractivity contribution in [2.45, 2.75) is 5.16 Å². The number of benzene rings is 1. The zero-order valence-corrected chi connectivity index (χ0v) is 9.18. The Morgan fingerprint density at radius 2 is 2.00 bits per heavy atom. The van der Waals surface area contributed by atoms with Crippen LogP contribution < -0.4 is 5.73 Å². The van der Waals surface area contributed by atoms with Crippen LogP contribution in [-0.2, 0) is 0 Å². The lowest BCUT2D eigenvalue weighted by atomic mass is 10.2. The Hall–Kier alpha value is -1.82. The van der Waals surface area contributed by atoms with Crippen LogP contribution >= 0.6 is 11.8 Å². The van der Waals surface area contributed by atoms with Crippen molar-refractivity contribution in [3.8, 4) is 11.4 Å². The van der Waals surface area contributed by atoms with Crippen molar-refractivity contribution in [2.75, 3.05) is 5.75 Å². The Morgan fingerprint density at radius 3 is 2.81 bits per heavy atom. The molecule has 1 aromatic heterocycles. The zero-order chi connectivity index (χ0) is 11.0. The summed E-state index contributed by atoms with van der Waals surface area (Å²) in [6.07, 6.45) is 0. The van der Waals surface area contributed by atoms with E-state index in [0.29, 0.717) is 11.6 Å². The number of thioether (sulfide) groups is 1. The quantitative estimate of drug-likeness (QED) is 0.800. The predicted molar refractivity (Wildman–Crippen MR) is 63.2 cm³/mol. The third kappa shape index (κ3) is 1.47. The Kier molecular flexibility index (Phi) is 2.14. The molecule has 80 valence electrons. The fraction of sp³-hybridized carbons (Fsp3) is 0.100. The van der Waals surface area contributed by atoms with Gasteiger partial charge >= 0.3 is 0 Å². The summed E-state index contributed by atoms with van der Waals surface area (Å²) >= 11 is 1.55. The van der Waals surface area contributed by atoms with E-state index in [1.807, 2.05) is 30.3 Å². The zero-order valence-electron chi connectivity index (χ0n) is 8.37. The Bertz CT molecular complexity index is 546. The SMILES string of the molecule is NC1=Nn2c(nnc2-c2ccccc2)SC1. The maximum atomic E-state index is 5.71. The molecule has 2 aromatic rings. The summed E-state index contributed by atoms with van der Waals surface area (Å²) in [6.45, 7) is 0. The third-order valence-corrected chi connectivity index (χ3v) is 3.17. The Labute approximate surface area is 96.4 Å². The molecule has 0 fully saturated rings. The topological polar surface area (TPSA) is 69.1 Å². The number of hydrogen-bond donors (Lipinski definition) is 1. The van der Waals surface area contributed by atoms with Crippen LogP contribution in [0.5, 0.6) is 0 Å². The summed E-state index contributed by atoms with van der Waals surface area (Å²) in [5.74, 6) is 1.99. The van der Waals surface area contributed by atoms with E-state index in [2.05, 4.69) is 15.3 Å². The predicted octanol–water partition coefficient (Wildman–Crippen LogP) is 1.17. The van der Waals surface area contributed by atoms with Gasteiger partial charge in [0.15, 0.2) is 5.82 Å². The number of fused-ring (bicyclic) bond motifs is 1. The van der Waals surface area contributed by atoms with E-state index >= 15 is 0 Å². The van der Waals surface area contributed by atoms with Crippen LogP contribution in [0.4, 0.5) is 0 Å². The van der Waals surface area contributed by atoms with Crippen LogP contribution in [0.1, 0.15) is 0 Å². The van der Waals surface area contributed by atoms with Crippen LogP contribution in [0, 0.1) is 0 Å². The van der Waals surface area contributed by atoms with Gasteiger partial charge in [0.25, 0.3) is 0 Å². The van der Waals surface area contributed by atoms with E-state index in [4.69, 9.17) is 5.73 Å². The van der Waals surface area contributed by atoms with Crippen molar-refractivity contribution >= 4 is 17.6 Å². The minimum Gasteiger partial charge on any atom is -0.385 e. The van der Waals surface area contributed by atoms with E-state index in [1.165, 1.54) is 0 Å². The van der Waals surface area contributed by atoms with Crippen LogP contribution in [0.25, 0.3) is 11.4 Å². The summed E-state index contributed by atoms with van der Waals surface area (Å²) in [6, 6.07) is 9.83. The van der Waals surface area contributed by atoms with Gasteiger partial charge in [-0.2, -0.15) is 9.78 Å². The molecule has 0 amide bonds. The first-order chi connectivity index (χ1) is 7.84. The number of amidine groups is 1. The van der Waals surface area contributed by atoms with Gasteiger partial charge in [-0.3, -0.25) is 0 Å². The van der Waals surface area contributed by atoms with Gasteiger partial charge in [0, 0.05) is 5.56 Å². The van der Waals surface area contributed by atoms with Crippen molar-refractivity contribution < 1.29 is 0 Å². The van der Waals surface area contributed by atoms with Crippen LogP contribution in [-0.4, -0.2) is 26.5 Å². The second-order valence-corrected chi connectivity index (χ2v) is 4.31. The highest BCUT2D eigenvalue weighted by molar-refractivity contribution is 7.99. The lowest BCUT2D eigenvalue weighted by molar-refractivity contribution is 0.760. The van der Waals surface area contributed by atoms with Crippen molar-refractivity contribution in [2.24, 2.45) is 10.8 Å². The highest BCUT2D eigenvalue weighted by Gasteiger charge is 2.17. The second kappa shape index (κ2) is 3.64. The van der Waals surface area contributed by atoms with Gasteiger partial charge in [0.05, 0.1) is 5.75 Å². The van der Waals surface area contributed by atoms with Gasteiger partial charge < -0.3 is 5.73 Å². The lowest BCUT2D eigenvalue weighted by Crippen LogP contribution is -2.20. The number of rotatable bonds is 1. The molecule has 0 saturated carbocycles. The summed E-state index contributed by atoms with van der Waals surface area (Å²) in [7, 11) is 0. The van der Waals surface area contributed by atoms with Crippen molar-refractivity contribution in [3.05, 3.63) is 30.3 Å². The highest BCUT2D eigenvalue weighted by atomic mass is 32.2. The van der Waals surface area contributed by atoms with Crippen molar-refractivity contribution in [3.63, 3.8) is 0 Å². The molecule has 0 saturated heterocycles. The second-order valence-electron chi connectivity index (χ2n) is 3.36. The largest absolute Gasteiger partial charge is 0.385 e. The number of nitrogens with two attached hydrogens (primary N) is 1. The molecule has 0 bridgehead atoms. The first-order valence-corrected chi connectivity index (χ1v) is 5.80. The minimum absolute atomic E-state index is 0.592. The van der Waals surface area contributed by atoms with E-state index in [-0.39, 0.29) is 0 Å². The van der Waals surface area contributed by atoms with Crippen LogP contribution in [0.3, 0.4) is 0 Å². The maximum Gasteiger partial charge on any atom is 0.212 e. The van der Waals surface area contributed by atoms with Crippen LogP contribution in [0.2, 0.25) is 0 Å². The van der Waals surface area contributed by atoms with Gasteiger partial charge in [-0.25, -0.2) is 0 Å². The molecule has 0 spiro atoms. The molecule has 2 heterocycles. The summed E-state index contributed by atoms with van der Waals surface area (Å²) in [5.41, 5.74) is 6.69. The van der Waals surface area contributed by atoms with Gasteiger partial charge in [-0.1, -0.05) is 42.1 Å². The molecule has 1 aliphatic rings. The molecule has 0 atom stereocenters.